The van der Waals surface area contributed by atoms with Gasteiger partial charge in [-0.3, -0.25) is 0 Å². The number of benzene rings is 2. The number of nitriles is 1. The molecule has 2 aromatic carbocycles. The van der Waals surface area contributed by atoms with Crippen LogP contribution in [0, 0.1) is 11.3 Å². The highest BCUT2D eigenvalue weighted by Gasteiger charge is 2.29. The van der Waals surface area contributed by atoms with E-state index in [-0.39, 0.29) is 17.9 Å². The fourth-order valence-corrected chi connectivity index (χ4v) is 5.32. The number of nitrogens with zero attached hydrogens (tertiary/aromatic N) is 3. The maximum atomic E-state index is 12.4. The van der Waals surface area contributed by atoms with E-state index in [2.05, 4.69) is 26.2 Å². The lowest BCUT2D eigenvalue weighted by Crippen LogP contribution is -2.33. The molecule has 1 aliphatic rings. The number of aromatic nitrogens is 2. The van der Waals surface area contributed by atoms with E-state index in [1.165, 1.54) is 0 Å². The predicted molar refractivity (Wildman–Crippen MR) is 128 cm³/mol. The Bertz CT molecular complexity index is 1330. The van der Waals surface area contributed by atoms with Gasteiger partial charge in [0.25, 0.3) is 5.89 Å². The molecule has 3 aromatic rings. The molecule has 34 heavy (non-hydrogen) atoms. The van der Waals surface area contributed by atoms with Gasteiger partial charge in [0.15, 0.2) is 0 Å². The van der Waals surface area contributed by atoms with Gasteiger partial charge in [0.05, 0.1) is 17.4 Å². The van der Waals surface area contributed by atoms with Crippen molar-refractivity contribution in [3.05, 3.63) is 53.1 Å². The van der Waals surface area contributed by atoms with E-state index in [0.717, 1.165) is 16.7 Å². The first-order valence-electron chi connectivity index (χ1n) is 11.1. The molecule has 1 aliphatic carbocycles. The van der Waals surface area contributed by atoms with Crippen LogP contribution in [0.25, 0.3) is 22.8 Å². The summed E-state index contributed by atoms with van der Waals surface area (Å²) in [7, 11) is -1.67. The molecule has 10 heteroatoms. The Kier molecular flexibility index (Phi) is 6.97. The van der Waals surface area contributed by atoms with Gasteiger partial charge in [-0.1, -0.05) is 23.4 Å². The molecule has 0 spiro atoms. The average molecular weight is 482 g/mol. The SMILES string of the molecule is CNCCS(=O)(=O)NC1CCc2c(-c3noc(-c4ccc(OC(C)C)c(C#N)c4)n3)cccc21. The van der Waals surface area contributed by atoms with Gasteiger partial charge >= 0.3 is 0 Å². The first kappa shape index (κ1) is 23.9. The number of rotatable bonds is 9. The lowest BCUT2D eigenvalue weighted by molar-refractivity contribution is 0.241. The highest BCUT2D eigenvalue weighted by molar-refractivity contribution is 7.89. The maximum absolute atomic E-state index is 12.4. The predicted octanol–water partition coefficient (Wildman–Crippen LogP) is 3.19. The smallest absolute Gasteiger partial charge is 0.258 e. The number of nitrogens with one attached hydrogen (secondary N) is 2. The van der Waals surface area contributed by atoms with Crippen molar-refractivity contribution in [2.75, 3.05) is 19.3 Å². The largest absolute Gasteiger partial charge is 0.490 e. The van der Waals surface area contributed by atoms with Crippen LogP contribution in [0.15, 0.2) is 40.9 Å². The highest BCUT2D eigenvalue weighted by Crippen LogP contribution is 2.38. The molecule has 0 aliphatic heterocycles. The van der Waals surface area contributed by atoms with Gasteiger partial charge in [-0.25, -0.2) is 13.1 Å². The summed E-state index contributed by atoms with van der Waals surface area (Å²) >= 11 is 0. The molecule has 1 atom stereocenters. The summed E-state index contributed by atoms with van der Waals surface area (Å²) in [4.78, 5) is 4.56. The molecule has 4 rings (SSSR count). The fraction of sp³-hybridized carbons (Fsp3) is 0.375. The molecule has 1 aromatic heterocycles. The van der Waals surface area contributed by atoms with Crippen molar-refractivity contribution < 1.29 is 17.7 Å². The van der Waals surface area contributed by atoms with E-state index in [1.54, 1.807) is 25.2 Å². The lowest BCUT2D eigenvalue weighted by atomic mass is 10.0. The molecular formula is C24H27N5O4S. The number of hydrogen-bond donors (Lipinski definition) is 2. The van der Waals surface area contributed by atoms with Crippen LogP contribution in [0.4, 0.5) is 0 Å². The van der Waals surface area contributed by atoms with Crippen LogP contribution in [0.5, 0.6) is 5.75 Å². The molecule has 0 saturated carbocycles. The second-order valence-electron chi connectivity index (χ2n) is 8.42. The van der Waals surface area contributed by atoms with Crippen LogP contribution in [0.2, 0.25) is 0 Å². The molecule has 9 nitrogen and oxygen atoms in total. The minimum Gasteiger partial charge on any atom is -0.490 e. The van der Waals surface area contributed by atoms with E-state index in [4.69, 9.17) is 9.26 Å². The van der Waals surface area contributed by atoms with Gasteiger partial charge in [-0.15, -0.1) is 0 Å². The second kappa shape index (κ2) is 9.93. The fourth-order valence-electron chi connectivity index (χ4n) is 4.06. The van der Waals surface area contributed by atoms with Crippen molar-refractivity contribution in [1.82, 2.24) is 20.2 Å². The minimum absolute atomic E-state index is 0.0227. The normalized spacial score (nSPS) is 15.3. The van der Waals surface area contributed by atoms with E-state index >= 15 is 0 Å². The lowest BCUT2D eigenvalue weighted by Gasteiger charge is -2.15. The number of hydrogen-bond acceptors (Lipinski definition) is 8. The first-order chi connectivity index (χ1) is 16.3. The average Bonchev–Trinajstić information content (AvgIpc) is 3.45. The Morgan fingerprint density at radius 3 is 2.85 bits per heavy atom. The third-order valence-corrected chi connectivity index (χ3v) is 6.98. The maximum Gasteiger partial charge on any atom is 0.258 e. The van der Waals surface area contributed by atoms with Crippen LogP contribution >= 0.6 is 0 Å². The van der Waals surface area contributed by atoms with E-state index in [9.17, 15) is 13.7 Å². The van der Waals surface area contributed by atoms with E-state index < -0.39 is 10.0 Å². The Labute approximate surface area is 199 Å². The number of sulfonamides is 1. The van der Waals surface area contributed by atoms with Crippen LogP contribution in [0.3, 0.4) is 0 Å². The molecule has 1 unspecified atom stereocenters. The molecule has 0 amide bonds. The van der Waals surface area contributed by atoms with Crippen molar-refractivity contribution >= 4 is 10.0 Å². The molecular weight excluding hydrogens is 454 g/mol. The molecule has 1 heterocycles. The van der Waals surface area contributed by atoms with Crippen molar-refractivity contribution in [3.63, 3.8) is 0 Å². The Hall–Kier alpha value is -3.26. The van der Waals surface area contributed by atoms with Crippen LogP contribution in [-0.2, 0) is 16.4 Å². The van der Waals surface area contributed by atoms with E-state index in [0.29, 0.717) is 48.0 Å². The molecule has 0 radical (unpaired) electrons. The number of fused-ring (bicyclic) bond motifs is 1. The van der Waals surface area contributed by atoms with Crippen molar-refractivity contribution in [2.45, 2.75) is 38.8 Å². The zero-order valence-corrected chi connectivity index (χ0v) is 20.1. The van der Waals surface area contributed by atoms with Gasteiger partial charge in [0.2, 0.25) is 15.8 Å². The summed E-state index contributed by atoms with van der Waals surface area (Å²) in [5.74, 6) is 1.24. The first-order valence-corrected chi connectivity index (χ1v) is 12.8. The topological polar surface area (TPSA) is 130 Å². The molecule has 0 bridgehead atoms. The Morgan fingerprint density at radius 2 is 2.12 bits per heavy atom. The quantitative estimate of drug-likeness (QED) is 0.477. The van der Waals surface area contributed by atoms with Gasteiger partial charge in [0.1, 0.15) is 11.8 Å². The monoisotopic (exact) mass is 481 g/mol. The zero-order valence-electron chi connectivity index (χ0n) is 19.3. The van der Waals surface area contributed by atoms with Gasteiger partial charge in [-0.2, -0.15) is 10.2 Å². The van der Waals surface area contributed by atoms with E-state index in [1.807, 2.05) is 32.0 Å². The van der Waals surface area contributed by atoms with Crippen molar-refractivity contribution in [1.29, 1.82) is 5.26 Å². The van der Waals surface area contributed by atoms with Crippen LogP contribution < -0.4 is 14.8 Å². The summed E-state index contributed by atoms with van der Waals surface area (Å²) in [5, 5.41) is 16.5. The van der Waals surface area contributed by atoms with Crippen molar-refractivity contribution in [2.24, 2.45) is 0 Å². The zero-order chi connectivity index (χ0) is 24.3. The standard InChI is InChI=1S/C24H27N5O4S/c1-15(2)32-22-10-7-16(13-17(22)14-25)24-27-23(28-33-24)20-6-4-5-19-18(20)8-9-21(19)29-34(30,31)12-11-26-3/h4-7,10,13,15,21,26,29H,8-9,11-12H2,1-3H3. The molecule has 0 saturated heterocycles. The number of ether oxygens (including phenoxy) is 1. The Morgan fingerprint density at radius 1 is 1.29 bits per heavy atom. The third kappa shape index (κ3) is 5.12. The Balaban J connectivity index is 1.60. The summed E-state index contributed by atoms with van der Waals surface area (Å²) in [6.07, 6.45) is 1.32. The van der Waals surface area contributed by atoms with Crippen LogP contribution in [0.1, 0.15) is 43.0 Å². The van der Waals surface area contributed by atoms with Gasteiger partial charge in [-0.05, 0) is 63.1 Å². The van der Waals surface area contributed by atoms with Gasteiger partial charge < -0.3 is 14.6 Å². The van der Waals surface area contributed by atoms with Crippen molar-refractivity contribution in [3.8, 4) is 34.7 Å². The summed E-state index contributed by atoms with van der Waals surface area (Å²) < 4.78 is 38.8. The van der Waals surface area contributed by atoms with Gasteiger partial charge in [0, 0.05) is 23.7 Å². The summed E-state index contributed by atoms with van der Waals surface area (Å²) in [5.41, 5.74) is 3.76. The molecule has 2 N–H and O–H groups in total. The summed E-state index contributed by atoms with van der Waals surface area (Å²) in [6, 6.07) is 12.7. The molecule has 0 fully saturated rings. The second-order valence-corrected chi connectivity index (χ2v) is 10.3. The minimum atomic E-state index is -3.40. The third-order valence-electron chi connectivity index (χ3n) is 5.59. The molecule has 178 valence electrons. The summed E-state index contributed by atoms with van der Waals surface area (Å²) in [6.45, 7) is 4.18. The van der Waals surface area contributed by atoms with Crippen LogP contribution in [-0.4, -0.2) is 44.0 Å². The highest BCUT2D eigenvalue weighted by atomic mass is 32.2.